The van der Waals surface area contributed by atoms with E-state index < -0.39 is 0 Å². The van der Waals surface area contributed by atoms with Crippen LogP contribution in [0.1, 0.15) is 27.7 Å². The third-order valence-electron chi connectivity index (χ3n) is 5.26. The van der Waals surface area contributed by atoms with E-state index in [4.69, 9.17) is 0 Å². The van der Waals surface area contributed by atoms with E-state index >= 15 is 0 Å². The molecule has 0 aliphatic carbocycles. The molecule has 0 saturated heterocycles. The zero-order valence-electron chi connectivity index (χ0n) is 20.6. The number of fused-ring (bicyclic) bond motifs is 2. The van der Waals surface area contributed by atoms with E-state index in [0.717, 1.165) is 11.8 Å². The summed E-state index contributed by atoms with van der Waals surface area (Å²) in [6.07, 6.45) is 2.73. The van der Waals surface area contributed by atoms with Crippen molar-refractivity contribution in [3.8, 4) is 0 Å². The average molecular weight is 684 g/mol. The molecule has 0 unspecified atom stereocenters. The largest absolute Gasteiger partial charge is 4.00 e. The van der Waals surface area contributed by atoms with Crippen LogP contribution in [0.5, 0.6) is 0 Å². The van der Waals surface area contributed by atoms with E-state index in [1.807, 2.05) is 0 Å². The molecule has 4 rings (SSSR count). The number of benzene rings is 2. The third-order valence-corrected chi connectivity index (χ3v) is 9.88. The Morgan fingerprint density at radius 2 is 1.06 bits per heavy atom. The number of hydrogen-bond donors (Lipinski definition) is 0. The smallest absolute Gasteiger partial charge is 1.00 e. The minimum absolute atomic E-state index is 0. The van der Waals surface area contributed by atoms with Gasteiger partial charge in [0.1, 0.15) is 0 Å². The van der Waals surface area contributed by atoms with Gasteiger partial charge in [0, 0.05) is 0 Å². The molecule has 0 spiro atoms. The Kier molecular flexibility index (Phi) is 15.8. The van der Waals surface area contributed by atoms with Crippen molar-refractivity contribution < 1.29 is 50.7 Å². The fraction of sp³-hybridized carbons (Fsp3) is 0.357. The van der Waals surface area contributed by atoms with Crippen LogP contribution in [0.15, 0.2) is 72.8 Å². The molecule has 4 aromatic carbocycles. The van der Waals surface area contributed by atoms with Gasteiger partial charge in [-0.3, -0.25) is 0 Å². The van der Waals surface area contributed by atoms with Gasteiger partial charge in [0.25, 0.3) is 0 Å². The molecule has 176 valence electrons. The zero-order valence-corrected chi connectivity index (χ0v) is 27.5. The van der Waals surface area contributed by atoms with Crippen molar-refractivity contribution in [1.29, 1.82) is 0 Å². The summed E-state index contributed by atoms with van der Waals surface area (Å²) in [6.45, 7) is 14.0. The van der Waals surface area contributed by atoms with Gasteiger partial charge in [-0.05, 0) is 37.5 Å². The van der Waals surface area contributed by atoms with Gasteiger partial charge in [0.05, 0.1) is 0 Å². The first-order valence-corrected chi connectivity index (χ1v) is 15.0. The minimum Gasteiger partial charge on any atom is -1.00 e. The molecule has 0 aliphatic rings. The molecule has 0 atom stereocenters. The predicted molar refractivity (Wildman–Crippen MR) is 143 cm³/mol. The van der Waals surface area contributed by atoms with Crippen LogP contribution in [0.4, 0.5) is 0 Å². The number of rotatable bonds is 6. The van der Waals surface area contributed by atoms with Gasteiger partial charge in [0.15, 0.2) is 0 Å². The van der Waals surface area contributed by atoms with Gasteiger partial charge in [-0.25, -0.2) is 0 Å². The van der Waals surface area contributed by atoms with E-state index in [-0.39, 0.29) is 66.5 Å². The van der Waals surface area contributed by atoms with Crippen LogP contribution in [0, 0.1) is 11.8 Å². The summed E-state index contributed by atoms with van der Waals surface area (Å²) in [6, 6.07) is 26.8. The van der Waals surface area contributed by atoms with Crippen LogP contribution >= 0.6 is 15.8 Å². The van der Waals surface area contributed by atoms with Crippen molar-refractivity contribution in [3.05, 3.63) is 72.8 Å². The second-order valence-electron chi connectivity index (χ2n) is 9.27. The molecule has 0 nitrogen and oxygen atoms in total. The Hall–Kier alpha value is -0.0299. The van der Waals surface area contributed by atoms with Crippen LogP contribution in [0.2, 0.25) is 0 Å². The van der Waals surface area contributed by atoms with Gasteiger partial charge in [-0.15, -0.1) is 88.6 Å². The first-order chi connectivity index (χ1) is 14.3. The molecule has 0 fully saturated rings. The first-order valence-electron chi connectivity index (χ1n) is 11.1. The van der Waals surface area contributed by atoms with Crippen molar-refractivity contribution in [1.82, 2.24) is 0 Å². The SMILES string of the molecule is CC(C)CP(CC(C)C)c1cc2ccccc2[cH-]1.CP(C)c1cc2ccccc2[cH-]1.[Cl-].[Cl-].[Hf+4]. The van der Waals surface area contributed by atoms with Crippen molar-refractivity contribution in [2.24, 2.45) is 11.8 Å². The second kappa shape index (κ2) is 15.9. The summed E-state index contributed by atoms with van der Waals surface area (Å²) in [5, 5.41) is 8.69. The van der Waals surface area contributed by atoms with E-state index in [1.54, 1.807) is 5.30 Å². The Bertz CT molecular complexity index is 990. The molecule has 0 radical (unpaired) electrons. The van der Waals surface area contributed by atoms with Crippen molar-refractivity contribution >= 4 is 48.0 Å². The normalized spacial score (nSPS) is 10.7. The van der Waals surface area contributed by atoms with E-state index in [9.17, 15) is 0 Å². The van der Waals surface area contributed by atoms with Gasteiger partial charge in [0.2, 0.25) is 0 Å². The van der Waals surface area contributed by atoms with Gasteiger partial charge in [-0.1, -0.05) is 47.7 Å². The summed E-state index contributed by atoms with van der Waals surface area (Å²) in [4.78, 5) is 0. The summed E-state index contributed by atoms with van der Waals surface area (Å²) in [7, 11) is 0.0761. The molecule has 0 heterocycles. The van der Waals surface area contributed by atoms with Crippen LogP contribution in [0.3, 0.4) is 0 Å². The van der Waals surface area contributed by atoms with Gasteiger partial charge in [-0.2, -0.15) is 12.1 Å². The maximum Gasteiger partial charge on any atom is 4.00 e. The van der Waals surface area contributed by atoms with E-state index in [2.05, 4.69) is 114 Å². The third kappa shape index (κ3) is 9.86. The fourth-order valence-electron chi connectivity index (χ4n) is 3.88. The Morgan fingerprint density at radius 3 is 1.45 bits per heavy atom. The monoisotopic (exact) mass is 684 g/mol. The number of hydrogen-bond acceptors (Lipinski definition) is 0. The van der Waals surface area contributed by atoms with E-state index in [1.165, 1.54) is 39.2 Å². The van der Waals surface area contributed by atoms with Crippen LogP contribution in [-0.2, 0) is 25.8 Å². The number of halogens is 2. The molecule has 0 bridgehead atoms. The maximum absolute atomic E-state index is 2.42. The molecule has 5 heteroatoms. The van der Waals surface area contributed by atoms with Crippen molar-refractivity contribution in [2.75, 3.05) is 25.7 Å². The molecule has 0 aromatic heterocycles. The fourth-order valence-corrected chi connectivity index (χ4v) is 7.65. The first kappa shape index (κ1) is 33.0. The van der Waals surface area contributed by atoms with Crippen molar-refractivity contribution in [3.63, 3.8) is 0 Å². The summed E-state index contributed by atoms with van der Waals surface area (Å²) >= 11 is 0. The second-order valence-corrected chi connectivity index (χ2v) is 13.9. The minimum atomic E-state index is 0. The molecular formula is C28H36Cl2HfP2. The Balaban J connectivity index is 0.000000603. The topological polar surface area (TPSA) is 0 Å². The maximum atomic E-state index is 2.42. The van der Waals surface area contributed by atoms with Crippen molar-refractivity contribution in [2.45, 2.75) is 27.7 Å². The quantitative estimate of drug-likeness (QED) is 0.166. The summed E-state index contributed by atoms with van der Waals surface area (Å²) in [5.41, 5.74) is 0. The Morgan fingerprint density at radius 1 is 0.667 bits per heavy atom. The molecular weight excluding hydrogens is 648 g/mol. The summed E-state index contributed by atoms with van der Waals surface area (Å²) < 4.78 is 0. The average Bonchev–Trinajstić information content (AvgIpc) is 3.31. The van der Waals surface area contributed by atoms with E-state index in [0.29, 0.717) is 0 Å². The standard InChI is InChI=1S/C17H24P.C11H12P.2ClH.Hf/c1-13(2)11-18(12-14(3)4)17-9-15-7-5-6-8-16(15)10-17;1-12(2)11-7-9-5-3-4-6-10(9)8-11;;;/h5-10,13-14H,11-12H2,1-4H3;3-8H,1-2H3;2*1H;/q2*-1;;;+4/p-2. The van der Waals surface area contributed by atoms with Crippen LogP contribution in [0.25, 0.3) is 21.5 Å². The molecule has 0 aliphatic heterocycles. The molecule has 33 heavy (non-hydrogen) atoms. The van der Waals surface area contributed by atoms with Gasteiger partial charge < -0.3 is 24.8 Å². The van der Waals surface area contributed by atoms with Crippen LogP contribution in [-0.4, -0.2) is 25.7 Å². The molecule has 0 amide bonds. The Labute approximate surface area is 235 Å². The predicted octanol–water partition coefficient (Wildman–Crippen LogP) is 1.91. The molecule has 0 N–H and O–H groups in total. The van der Waals surface area contributed by atoms with Gasteiger partial charge >= 0.3 is 25.8 Å². The summed E-state index contributed by atoms with van der Waals surface area (Å²) in [5.74, 6) is 1.60. The van der Waals surface area contributed by atoms with Crippen LogP contribution < -0.4 is 35.4 Å². The molecule has 0 saturated carbocycles. The molecule has 4 aromatic rings. The zero-order chi connectivity index (χ0) is 21.7.